The maximum absolute atomic E-state index is 10.7. The first-order valence-corrected chi connectivity index (χ1v) is 12.0. The van der Waals surface area contributed by atoms with E-state index in [9.17, 15) is 13.2 Å². The van der Waals surface area contributed by atoms with E-state index in [1.165, 1.54) is 10.1 Å². The molecule has 128 valence electrons. The Kier molecular flexibility index (Phi) is 6.13. The van der Waals surface area contributed by atoms with Gasteiger partial charge >= 0.3 is 5.51 Å². The molecule has 0 saturated carbocycles. The molecule has 2 rings (SSSR count). The van der Waals surface area contributed by atoms with Gasteiger partial charge in [-0.05, 0) is 25.7 Å². The van der Waals surface area contributed by atoms with Crippen LogP contribution in [0.4, 0.5) is 13.2 Å². The smallest absolute Gasteiger partial charge is 0.485 e. The summed E-state index contributed by atoms with van der Waals surface area (Å²) in [5.41, 5.74) is -5.65. The highest BCUT2D eigenvalue weighted by Gasteiger charge is 2.36. The molecule has 2 aromatic rings. The number of fused-ring (bicyclic) bond motifs is 1. The fraction of sp³-hybridized carbons (Fsp3) is 0.308. The highest BCUT2D eigenvalue weighted by Crippen LogP contribution is 2.30. The Morgan fingerprint density at radius 2 is 1.65 bits per heavy atom. The third-order valence-electron chi connectivity index (χ3n) is 2.27. The summed E-state index contributed by atoms with van der Waals surface area (Å²) in [6, 6.07) is 10.5. The Morgan fingerprint density at radius 1 is 1.13 bits per heavy atom. The molecule has 0 atom stereocenters. The minimum atomic E-state index is -6.09. The van der Waals surface area contributed by atoms with Crippen molar-refractivity contribution < 1.29 is 30.6 Å². The van der Waals surface area contributed by atoms with Gasteiger partial charge in [0.2, 0.25) is 24.4 Å². The molecule has 0 bridgehead atoms. The fourth-order valence-electron chi connectivity index (χ4n) is 1.45. The lowest BCUT2D eigenvalue weighted by atomic mass is 10.2. The third kappa shape index (κ3) is 6.41. The number of rotatable bonds is 2. The molecule has 1 aromatic carbocycles. The van der Waals surface area contributed by atoms with Crippen LogP contribution >= 0.6 is 11.3 Å². The van der Waals surface area contributed by atoms with Gasteiger partial charge in [-0.3, -0.25) is 0 Å². The summed E-state index contributed by atoms with van der Waals surface area (Å²) in [4.78, 5) is 0. The van der Waals surface area contributed by atoms with E-state index in [-0.39, 0.29) is 0 Å². The zero-order chi connectivity index (χ0) is 17.9. The second-order valence-corrected chi connectivity index (χ2v) is 12.1. The Morgan fingerprint density at radius 3 is 2.13 bits per heavy atom. The Hall–Kier alpha value is -1.23. The molecular formula is C13H15F3O4S2Si. The Labute approximate surface area is 137 Å². The van der Waals surface area contributed by atoms with Crippen molar-refractivity contribution >= 4 is 39.9 Å². The predicted molar refractivity (Wildman–Crippen MR) is 86.0 cm³/mol. The second kappa shape index (κ2) is 7.12. The first kappa shape index (κ1) is 19.8. The highest BCUT2D eigenvalue weighted by atomic mass is 32.2. The van der Waals surface area contributed by atoms with Crippen LogP contribution in [0.1, 0.15) is 0 Å². The van der Waals surface area contributed by atoms with Crippen LogP contribution in [0.3, 0.4) is 0 Å². The van der Waals surface area contributed by atoms with E-state index in [1.807, 2.05) is 0 Å². The minimum absolute atomic E-state index is 1.03. The Balaban J connectivity index is 0.000000284. The number of hydrogen-bond acceptors (Lipinski definition) is 4. The van der Waals surface area contributed by atoms with E-state index in [0.717, 1.165) is 5.75 Å². The molecule has 0 saturated heterocycles. The first-order chi connectivity index (χ1) is 10.3. The van der Waals surface area contributed by atoms with Gasteiger partial charge in [0.1, 0.15) is 5.75 Å². The summed E-state index contributed by atoms with van der Waals surface area (Å²) in [7, 11) is -7.60. The van der Waals surface area contributed by atoms with Crippen LogP contribution in [-0.2, 0) is 10.1 Å². The van der Waals surface area contributed by atoms with Crippen molar-refractivity contribution in [1.82, 2.24) is 0 Å². The lowest BCUT2D eigenvalue weighted by Gasteiger charge is -2.18. The van der Waals surface area contributed by atoms with Crippen molar-refractivity contribution in [3.05, 3.63) is 35.7 Å². The normalized spacial score (nSPS) is 12.5. The van der Waals surface area contributed by atoms with Crippen molar-refractivity contribution in [2.75, 3.05) is 0 Å². The maximum Gasteiger partial charge on any atom is 0.485 e. The summed E-state index contributed by atoms with van der Waals surface area (Å²) in [5, 5.41) is 3.32. The third-order valence-corrected chi connectivity index (χ3v) is 4.55. The van der Waals surface area contributed by atoms with Crippen molar-refractivity contribution in [3.63, 3.8) is 0 Å². The quantitative estimate of drug-likeness (QED) is 0.332. The molecule has 0 fully saturated rings. The zero-order valence-electron chi connectivity index (χ0n) is 12.5. The van der Waals surface area contributed by atoms with E-state index in [2.05, 4.69) is 55.4 Å². The lowest BCUT2D eigenvalue weighted by molar-refractivity contribution is -0.0517. The molecule has 0 aliphatic rings. The van der Waals surface area contributed by atoms with Crippen LogP contribution in [0.5, 0.6) is 5.75 Å². The average molecular weight is 384 g/mol. The molecule has 0 aliphatic carbocycles. The van der Waals surface area contributed by atoms with Crippen molar-refractivity contribution in [3.8, 4) is 5.75 Å². The van der Waals surface area contributed by atoms with E-state index >= 15 is 0 Å². The zero-order valence-corrected chi connectivity index (χ0v) is 15.2. The van der Waals surface area contributed by atoms with Gasteiger partial charge in [-0.25, -0.2) is 8.42 Å². The molecule has 4 nitrogen and oxygen atoms in total. The minimum Gasteiger partial charge on any atom is -0.741 e. The standard InChI is InChI=1S/C12H15OSSi.CHF3O3S/c1-15(2,3)13-11-8-9-14-12-7-5-4-6-10(11)12;2-1(3,4)8(5,6)7/h4-9H,1-3H3;(H,5,6,7)/q+1;/p-1. The van der Waals surface area contributed by atoms with Gasteiger partial charge in [0, 0.05) is 12.1 Å². The number of benzene rings is 1. The fourth-order valence-corrected chi connectivity index (χ4v) is 3.08. The van der Waals surface area contributed by atoms with Gasteiger partial charge in [0.15, 0.2) is 15.5 Å². The first-order valence-electron chi connectivity index (χ1n) is 6.32. The highest BCUT2D eigenvalue weighted by molar-refractivity contribution is 7.86. The number of alkyl halides is 3. The molecule has 1 heterocycles. The van der Waals surface area contributed by atoms with E-state index in [1.54, 1.807) is 11.3 Å². The van der Waals surface area contributed by atoms with Crippen molar-refractivity contribution in [2.24, 2.45) is 0 Å². The van der Waals surface area contributed by atoms with E-state index in [4.69, 9.17) is 17.4 Å². The molecule has 0 radical (unpaired) electrons. The lowest BCUT2D eigenvalue weighted by Crippen LogP contribution is -2.29. The molecule has 0 spiro atoms. The molecule has 1 aromatic heterocycles. The van der Waals surface area contributed by atoms with Crippen LogP contribution in [0.15, 0.2) is 35.7 Å². The average Bonchev–Trinajstić information content (AvgIpc) is 2.36. The predicted octanol–water partition coefficient (Wildman–Crippen LogP) is 4.45. The summed E-state index contributed by atoms with van der Waals surface area (Å²) < 4.78 is 66.2. The van der Waals surface area contributed by atoms with Crippen LogP contribution in [-0.4, -0.2) is 26.8 Å². The molecular weight excluding hydrogens is 369 g/mol. The van der Waals surface area contributed by atoms with E-state index in [0.29, 0.717) is 0 Å². The Bertz CT molecular complexity index is 765. The van der Waals surface area contributed by atoms with Crippen molar-refractivity contribution in [2.45, 2.75) is 25.1 Å². The summed E-state index contributed by atoms with van der Waals surface area (Å²) in [6.45, 7) is 6.62. The van der Waals surface area contributed by atoms with Gasteiger partial charge < -0.3 is 8.98 Å². The van der Waals surface area contributed by atoms with Crippen LogP contribution in [0.2, 0.25) is 19.6 Å². The van der Waals surface area contributed by atoms with Crippen molar-refractivity contribution in [1.29, 1.82) is 0 Å². The van der Waals surface area contributed by atoms with Gasteiger partial charge in [-0.1, -0.05) is 12.1 Å². The maximum atomic E-state index is 10.7. The molecule has 0 N–H and O–H groups in total. The SMILES string of the molecule is C[Si](C)(C)Oc1cc[s+]c2ccccc12.O=S(=O)([O-])C(F)(F)F. The van der Waals surface area contributed by atoms with Gasteiger partial charge in [-0.15, -0.1) is 0 Å². The van der Waals surface area contributed by atoms with Crippen LogP contribution in [0, 0.1) is 0 Å². The monoisotopic (exact) mass is 384 g/mol. The summed E-state index contributed by atoms with van der Waals surface area (Å²) in [6.07, 6.45) is 0. The van der Waals surface area contributed by atoms with Gasteiger partial charge in [-0.2, -0.15) is 13.2 Å². The summed E-state index contributed by atoms with van der Waals surface area (Å²) in [5.74, 6) is 1.03. The molecule has 23 heavy (non-hydrogen) atoms. The molecule has 10 heteroatoms. The molecule has 0 aliphatic heterocycles. The largest absolute Gasteiger partial charge is 0.741 e. The topological polar surface area (TPSA) is 66.4 Å². The molecule has 0 amide bonds. The number of hydrogen-bond donors (Lipinski definition) is 0. The molecule has 0 unspecified atom stereocenters. The van der Waals surface area contributed by atoms with Gasteiger partial charge in [0.05, 0.1) is 5.39 Å². The van der Waals surface area contributed by atoms with Crippen LogP contribution in [0.25, 0.3) is 10.1 Å². The number of halogens is 3. The second-order valence-electron chi connectivity index (χ2n) is 5.40. The summed E-state index contributed by atoms with van der Waals surface area (Å²) >= 11 is 1.75. The van der Waals surface area contributed by atoms with E-state index < -0.39 is 23.9 Å². The van der Waals surface area contributed by atoms with Crippen LogP contribution < -0.4 is 4.43 Å². The van der Waals surface area contributed by atoms with Gasteiger partial charge in [0.25, 0.3) is 0 Å².